The first kappa shape index (κ1) is 10.1. The van der Waals surface area contributed by atoms with Crippen LogP contribution in [0.15, 0.2) is 0 Å². The van der Waals surface area contributed by atoms with Crippen LogP contribution in [-0.2, 0) is 9.47 Å². The van der Waals surface area contributed by atoms with Crippen molar-refractivity contribution < 1.29 is 14.6 Å². The van der Waals surface area contributed by atoms with Gasteiger partial charge in [-0.2, -0.15) is 0 Å². The monoisotopic (exact) mass is 212 g/mol. The standard InChI is InChI=1S/C12H20O3/c13-10-5-4-9-3-1-2-6-12(11(9)10)14-7-8-15-12/h9-11,13H,1-8H2/t9-,10+,11-/m0/s1. The Kier molecular flexibility index (Phi) is 2.49. The van der Waals surface area contributed by atoms with Crippen molar-refractivity contribution in [2.24, 2.45) is 11.8 Å². The minimum Gasteiger partial charge on any atom is -0.393 e. The Hall–Kier alpha value is -0.120. The van der Waals surface area contributed by atoms with E-state index < -0.39 is 5.79 Å². The molecule has 2 saturated carbocycles. The molecule has 0 bridgehead atoms. The molecule has 0 amide bonds. The molecule has 0 unspecified atom stereocenters. The molecule has 3 nitrogen and oxygen atoms in total. The number of aliphatic hydroxyl groups excluding tert-OH is 1. The van der Waals surface area contributed by atoms with Crippen LogP contribution >= 0.6 is 0 Å². The van der Waals surface area contributed by atoms with Gasteiger partial charge in [-0.3, -0.25) is 0 Å². The molecule has 3 fully saturated rings. The molecule has 3 aliphatic rings. The van der Waals surface area contributed by atoms with E-state index in [9.17, 15) is 5.11 Å². The number of fused-ring (bicyclic) bond motifs is 2. The van der Waals surface area contributed by atoms with Crippen molar-refractivity contribution in [3.8, 4) is 0 Å². The van der Waals surface area contributed by atoms with Gasteiger partial charge >= 0.3 is 0 Å². The van der Waals surface area contributed by atoms with Gasteiger partial charge in [-0.25, -0.2) is 0 Å². The largest absolute Gasteiger partial charge is 0.393 e. The molecule has 3 rings (SSSR count). The van der Waals surface area contributed by atoms with Crippen LogP contribution in [0.25, 0.3) is 0 Å². The number of hydrogen-bond donors (Lipinski definition) is 1. The van der Waals surface area contributed by atoms with Crippen LogP contribution in [0, 0.1) is 11.8 Å². The lowest BCUT2D eigenvalue weighted by atomic mass is 9.85. The third-order valence-electron chi connectivity index (χ3n) is 4.39. The van der Waals surface area contributed by atoms with E-state index in [1.165, 1.54) is 19.3 Å². The molecule has 1 N–H and O–H groups in total. The van der Waals surface area contributed by atoms with E-state index in [4.69, 9.17) is 9.47 Å². The Morgan fingerprint density at radius 1 is 1.00 bits per heavy atom. The fourth-order valence-electron chi connectivity index (χ4n) is 3.79. The molecule has 86 valence electrons. The summed E-state index contributed by atoms with van der Waals surface area (Å²) in [5.74, 6) is 0.444. The quantitative estimate of drug-likeness (QED) is 0.664. The summed E-state index contributed by atoms with van der Waals surface area (Å²) in [5, 5.41) is 10.1. The minimum absolute atomic E-state index is 0.203. The van der Waals surface area contributed by atoms with Crippen LogP contribution < -0.4 is 0 Å². The summed E-state index contributed by atoms with van der Waals surface area (Å²) >= 11 is 0. The third kappa shape index (κ3) is 1.52. The molecule has 1 aliphatic heterocycles. The Labute approximate surface area is 90.8 Å². The number of rotatable bonds is 0. The van der Waals surface area contributed by atoms with Crippen LogP contribution in [0.5, 0.6) is 0 Å². The molecule has 0 radical (unpaired) electrons. The molecule has 0 aromatic carbocycles. The van der Waals surface area contributed by atoms with Gasteiger partial charge in [0.15, 0.2) is 5.79 Å². The lowest BCUT2D eigenvalue weighted by molar-refractivity contribution is -0.220. The van der Waals surface area contributed by atoms with Gasteiger partial charge in [0.2, 0.25) is 0 Å². The smallest absolute Gasteiger partial charge is 0.174 e. The highest BCUT2D eigenvalue weighted by Crippen LogP contribution is 2.49. The highest BCUT2D eigenvalue weighted by molar-refractivity contribution is 4.97. The van der Waals surface area contributed by atoms with Crippen molar-refractivity contribution >= 4 is 0 Å². The summed E-state index contributed by atoms with van der Waals surface area (Å²) in [6.45, 7) is 1.41. The molecule has 1 spiro atoms. The second-order valence-electron chi connectivity index (χ2n) is 5.19. The second kappa shape index (κ2) is 3.72. The predicted octanol–water partition coefficient (Wildman–Crippen LogP) is 1.69. The zero-order chi connectivity index (χ0) is 10.3. The molecule has 2 aliphatic carbocycles. The first-order valence-electron chi connectivity index (χ1n) is 6.28. The molecule has 0 aromatic heterocycles. The Bertz CT molecular complexity index is 235. The summed E-state index contributed by atoms with van der Waals surface area (Å²) in [4.78, 5) is 0. The highest BCUT2D eigenvalue weighted by Gasteiger charge is 2.53. The van der Waals surface area contributed by atoms with Crippen molar-refractivity contribution in [3.05, 3.63) is 0 Å². The molecule has 3 atom stereocenters. The highest BCUT2D eigenvalue weighted by atomic mass is 16.7. The van der Waals surface area contributed by atoms with E-state index in [1.54, 1.807) is 0 Å². The van der Waals surface area contributed by atoms with Crippen LogP contribution in [0.2, 0.25) is 0 Å². The van der Waals surface area contributed by atoms with E-state index in [2.05, 4.69) is 0 Å². The van der Waals surface area contributed by atoms with Crippen molar-refractivity contribution in [2.45, 2.75) is 50.4 Å². The SMILES string of the molecule is O[C@@H]1CC[C@@H]2CCCCC3(OCCO3)[C@@H]21. The third-order valence-corrected chi connectivity index (χ3v) is 4.39. The maximum Gasteiger partial charge on any atom is 0.174 e. The van der Waals surface area contributed by atoms with Gasteiger partial charge in [-0.1, -0.05) is 6.42 Å². The molecular formula is C12H20O3. The van der Waals surface area contributed by atoms with Crippen molar-refractivity contribution in [1.82, 2.24) is 0 Å². The summed E-state index contributed by atoms with van der Waals surface area (Å²) in [7, 11) is 0. The van der Waals surface area contributed by atoms with E-state index in [1.807, 2.05) is 0 Å². The lowest BCUT2D eigenvalue weighted by Gasteiger charge is -2.36. The van der Waals surface area contributed by atoms with Gasteiger partial charge < -0.3 is 14.6 Å². The molecular weight excluding hydrogens is 192 g/mol. The molecule has 3 heteroatoms. The fourth-order valence-corrected chi connectivity index (χ4v) is 3.79. The van der Waals surface area contributed by atoms with Gasteiger partial charge in [0.1, 0.15) is 0 Å². The predicted molar refractivity (Wildman–Crippen MR) is 55.3 cm³/mol. The first-order chi connectivity index (χ1) is 7.32. The second-order valence-corrected chi connectivity index (χ2v) is 5.19. The Morgan fingerprint density at radius 2 is 1.80 bits per heavy atom. The Morgan fingerprint density at radius 3 is 2.60 bits per heavy atom. The van der Waals surface area contributed by atoms with Crippen molar-refractivity contribution in [3.63, 3.8) is 0 Å². The zero-order valence-electron chi connectivity index (χ0n) is 9.15. The summed E-state index contributed by atoms with van der Waals surface area (Å²) in [6.07, 6.45) is 6.55. The summed E-state index contributed by atoms with van der Waals surface area (Å²) in [6, 6.07) is 0. The van der Waals surface area contributed by atoms with Crippen LogP contribution in [-0.4, -0.2) is 30.2 Å². The molecule has 0 aromatic rings. The summed E-state index contributed by atoms with van der Waals surface area (Å²) < 4.78 is 11.7. The van der Waals surface area contributed by atoms with Gasteiger partial charge in [0, 0.05) is 12.3 Å². The van der Waals surface area contributed by atoms with E-state index in [-0.39, 0.29) is 12.0 Å². The Balaban J connectivity index is 1.90. The van der Waals surface area contributed by atoms with Gasteiger partial charge in [-0.05, 0) is 31.6 Å². The topological polar surface area (TPSA) is 38.7 Å². The number of hydrogen-bond acceptors (Lipinski definition) is 3. The minimum atomic E-state index is -0.420. The van der Waals surface area contributed by atoms with Crippen LogP contribution in [0.3, 0.4) is 0 Å². The van der Waals surface area contributed by atoms with Gasteiger partial charge in [0.25, 0.3) is 0 Å². The van der Waals surface area contributed by atoms with Crippen molar-refractivity contribution in [2.75, 3.05) is 13.2 Å². The van der Waals surface area contributed by atoms with Crippen LogP contribution in [0.4, 0.5) is 0 Å². The average Bonchev–Trinajstić information content (AvgIpc) is 2.76. The van der Waals surface area contributed by atoms with Crippen molar-refractivity contribution in [1.29, 1.82) is 0 Å². The van der Waals surface area contributed by atoms with E-state index in [0.717, 1.165) is 19.3 Å². The zero-order valence-corrected chi connectivity index (χ0v) is 9.15. The number of aliphatic hydroxyl groups is 1. The maximum atomic E-state index is 10.1. The van der Waals surface area contributed by atoms with Crippen LogP contribution in [0.1, 0.15) is 38.5 Å². The van der Waals surface area contributed by atoms with E-state index in [0.29, 0.717) is 19.1 Å². The first-order valence-corrected chi connectivity index (χ1v) is 6.28. The maximum absolute atomic E-state index is 10.1. The molecule has 1 heterocycles. The average molecular weight is 212 g/mol. The molecule has 15 heavy (non-hydrogen) atoms. The summed E-state index contributed by atoms with van der Waals surface area (Å²) in [5.41, 5.74) is 0. The normalized spacial score (nSPS) is 44.2. The van der Waals surface area contributed by atoms with Gasteiger partial charge in [0.05, 0.1) is 19.3 Å². The van der Waals surface area contributed by atoms with E-state index >= 15 is 0 Å². The van der Waals surface area contributed by atoms with Gasteiger partial charge in [-0.15, -0.1) is 0 Å². The number of ether oxygens (including phenoxy) is 2. The lowest BCUT2D eigenvalue weighted by Crippen LogP contribution is -2.45. The fraction of sp³-hybridized carbons (Fsp3) is 1.00. The molecule has 1 saturated heterocycles.